The number of likely N-dealkylation sites (N-methyl/N-ethyl adjacent to an activating group) is 1. The van der Waals surface area contributed by atoms with Crippen LogP contribution in [0.4, 0.5) is 9.18 Å². The molecule has 0 bridgehead atoms. The molecule has 0 spiro atoms. The molecule has 2 aromatic rings. The molecule has 0 aliphatic carbocycles. The molecule has 0 saturated carbocycles. The highest BCUT2D eigenvalue weighted by atomic mass is 19.1. The number of aliphatic hydroxyl groups is 1. The summed E-state index contributed by atoms with van der Waals surface area (Å²) < 4.78 is 46.4. The van der Waals surface area contributed by atoms with E-state index < -0.39 is 90.0 Å². The fourth-order valence-electron chi connectivity index (χ4n) is 8.48. The molecule has 5 rings (SSSR count). The molecular formula is C41H56FN3O10. The Morgan fingerprint density at radius 1 is 1.04 bits per heavy atom. The molecule has 55 heavy (non-hydrogen) atoms. The number of amides is 1. The van der Waals surface area contributed by atoms with Crippen molar-refractivity contribution in [2.45, 2.75) is 122 Å². The summed E-state index contributed by atoms with van der Waals surface area (Å²) in [7, 11) is 3.65. The minimum absolute atomic E-state index is 0.0299. The van der Waals surface area contributed by atoms with E-state index in [9.17, 15) is 24.3 Å². The number of fused-ring (bicyclic) bond motifs is 2. The number of Topliss-reactive ketones (excluding diaryl/α,β-unsaturated/α-hetero) is 2. The van der Waals surface area contributed by atoms with Gasteiger partial charge < -0.3 is 39.0 Å². The number of rotatable bonds is 8. The standard InChI is InChI=1S/C41H56FN3O10/c1-10-30-41(7)37(44-40(50)55-41)24(5)32(46)22(3)35(51-17-13-14-26-19-27-15-11-12-16-28(27)43-20-26)25(6)36(23(4)33(47)31(42)38(49)53-30)54-39-34(48)29(45(8)9)18-21(2)52-39/h11-16,19-25,29-31,34-37,39,48H,10,17-18H2,1-9H3,(H,44,50)/b14-13+/t21-,22+,23+,24+,25+,29+,30-,31?,34-,35+,36-,37?,39+,41-/m1/s1. The van der Waals surface area contributed by atoms with Crippen molar-refractivity contribution in [3.05, 3.63) is 48.2 Å². The minimum Gasteiger partial charge on any atom is -0.456 e. The molecule has 2 N–H and O–H groups in total. The van der Waals surface area contributed by atoms with Gasteiger partial charge >= 0.3 is 12.1 Å². The number of hydrogen-bond acceptors (Lipinski definition) is 12. The number of nitrogens with zero attached hydrogens (tertiary/aromatic N) is 2. The van der Waals surface area contributed by atoms with Crippen LogP contribution in [0.1, 0.15) is 66.9 Å². The fraction of sp³-hybridized carbons (Fsp3) is 0.634. The van der Waals surface area contributed by atoms with Crippen molar-refractivity contribution in [3.63, 3.8) is 0 Å². The van der Waals surface area contributed by atoms with Gasteiger partial charge in [0.15, 0.2) is 17.7 Å². The lowest BCUT2D eigenvalue weighted by Crippen LogP contribution is -2.59. The zero-order valence-electron chi connectivity index (χ0n) is 33.1. The predicted octanol–water partition coefficient (Wildman–Crippen LogP) is 4.67. The number of carbonyl (C=O) groups excluding carboxylic acids is 4. The number of halogens is 1. The normalized spacial score (nSPS) is 38.1. The van der Waals surface area contributed by atoms with Crippen molar-refractivity contribution >= 4 is 40.6 Å². The number of ether oxygens (including phenoxy) is 5. The van der Waals surface area contributed by atoms with Gasteiger partial charge in [-0.15, -0.1) is 0 Å². The minimum atomic E-state index is -2.71. The van der Waals surface area contributed by atoms with E-state index in [4.69, 9.17) is 23.7 Å². The SMILES string of the molecule is CC[C@H]1OC(=O)C(F)C(=O)[C@H](C)[C@@H](O[C@@H]2O[C@H](C)C[C@H](N(C)C)[C@H]2O)[C@@H](C)[C@@H](OC/C=C/c2cnc3ccccc3c2)[C@@H](C)C(=O)[C@H](C)C2NC(=O)O[C@@]21C. The summed E-state index contributed by atoms with van der Waals surface area (Å²) in [6.45, 7) is 11.6. The van der Waals surface area contributed by atoms with Crippen LogP contribution >= 0.6 is 0 Å². The van der Waals surface area contributed by atoms with Crippen molar-refractivity contribution in [2.24, 2.45) is 23.7 Å². The molecule has 3 aliphatic heterocycles. The van der Waals surface area contributed by atoms with Gasteiger partial charge in [0.05, 0.1) is 36.5 Å². The largest absolute Gasteiger partial charge is 0.456 e. The summed E-state index contributed by atoms with van der Waals surface area (Å²) in [6, 6.07) is 8.39. The number of pyridine rings is 1. The average Bonchev–Trinajstić information content (AvgIpc) is 3.48. The van der Waals surface area contributed by atoms with E-state index in [0.29, 0.717) is 6.42 Å². The van der Waals surface area contributed by atoms with E-state index >= 15 is 4.39 Å². The van der Waals surface area contributed by atoms with E-state index in [2.05, 4.69) is 10.3 Å². The molecule has 13 nitrogen and oxygen atoms in total. The number of benzene rings is 1. The quantitative estimate of drug-likeness (QED) is 0.283. The van der Waals surface area contributed by atoms with Gasteiger partial charge in [-0.25, -0.2) is 14.0 Å². The molecule has 14 heteroatoms. The first kappa shape index (κ1) is 42.3. The molecule has 2 unspecified atom stereocenters. The van der Waals surface area contributed by atoms with Gasteiger partial charge in [-0.2, -0.15) is 0 Å². The number of para-hydroxylation sites is 1. The number of aromatic nitrogens is 1. The van der Waals surface area contributed by atoms with E-state index in [-0.39, 0.29) is 31.0 Å². The molecule has 302 valence electrons. The molecule has 14 atom stereocenters. The maximum Gasteiger partial charge on any atom is 0.408 e. The van der Waals surface area contributed by atoms with Gasteiger partial charge in [0, 0.05) is 41.3 Å². The number of esters is 1. The highest BCUT2D eigenvalue weighted by Gasteiger charge is 2.57. The van der Waals surface area contributed by atoms with Crippen LogP contribution in [0.2, 0.25) is 0 Å². The zero-order valence-corrected chi connectivity index (χ0v) is 33.1. The summed E-state index contributed by atoms with van der Waals surface area (Å²) >= 11 is 0. The molecule has 1 amide bonds. The van der Waals surface area contributed by atoms with E-state index in [1.165, 1.54) is 13.8 Å². The third-order valence-corrected chi connectivity index (χ3v) is 11.7. The van der Waals surface area contributed by atoms with Gasteiger partial charge in [0.25, 0.3) is 6.17 Å². The van der Waals surface area contributed by atoms with Crippen LogP contribution in [0, 0.1) is 23.7 Å². The lowest BCUT2D eigenvalue weighted by Gasteiger charge is -2.45. The molecule has 3 fully saturated rings. The molecule has 3 saturated heterocycles. The molecule has 0 radical (unpaired) electrons. The molecule has 1 aromatic heterocycles. The number of cyclic esters (lactones) is 1. The average molecular weight is 770 g/mol. The summed E-state index contributed by atoms with van der Waals surface area (Å²) in [4.78, 5) is 60.9. The number of aliphatic hydroxyl groups excluding tert-OH is 1. The van der Waals surface area contributed by atoms with Gasteiger partial charge in [-0.05, 0) is 58.5 Å². The zero-order chi connectivity index (χ0) is 40.4. The summed E-state index contributed by atoms with van der Waals surface area (Å²) in [5.74, 6) is -6.73. The van der Waals surface area contributed by atoms with Crippen LogP contribution in [0.25, 0.3) is 17.0 Å². The van der Waals surface area contributed by atoms with Crippen LogP contribution < -0.4 is 5.32 Å². The molecule has 3 aliphatic rings. The van der Waals surface area contributed by atoms with Gasteiger partial charge in [0.2, 0.25) is 0 Å². The van der Waals surface area contributed by atoms with Crippen molar-refractivity contribution in [1.82, 2.24) is 15.2 Å². The second kappa shape index (κ2) is 17.5. The monoisotopic (exact) mass is 769 g/mol. The molecule has 4 heterocycles. The third-order valence-electron chi connectivity index (χ3n) is 11.7. The fourth-order valence-corrected chi connectivity index (χ4v) is 8.48. The Hall–Kier alpha value is -3.82. The Morgan fingerprint density at radius 2 is 1.73 bits per heavy atom. The number of nitrogens with one attached hydrogen (secondary N) is 1. The van der Waals surface area contributed by atoms with E-state index in [0.717, 1.165) is 16.5 Å². The van der Waals surface area contributed by atoms with Crippen molar-refractivity contribution in [1.29, 1.82) is 0 Å². The second-order valence-corrected chi connectivity index (χ2v) is 15.8. The Bertz CT molecular complexity index is 1740. The predicted molar refractivity (Wildman–Crippen MR) is 201 cm³/mol. The van der Waals surface area contributed by atoms with Crippen molar-refractivity contribution < 1.29 is 52.4 Å². The first-order chi connectivity index (χ1) is 26.0. The smallest absolute Gasteiger partial charge is 0.408 e. The van der Waals surface area contributed by atoms with Crippen LogP contribution in [-0.4, -0.2) is 120 Å². The Morgan fingerprint density at radius 3 is 2.42 bits per heavy atom. The lowest BCUT2D eigenvalue weighted by molar-refractivity contribution is -0.282. The van der Waals surface area contributed by atoms with Crippen LogP contribution in [0.15, 0.2) is 42.6 Å². The number of carbonyl (C=O) groups is 4. The lowest BCUT2D eigenvalue weighted by atomic mass is 9.74. The number of alkyl carbamates (subject to hydrolysis) is 1. The van der Waals surface area contributed by atoms with Crippen LogP contribution in [0.5, 0.6) is 0 Å². The van der Waals surface area contributed by atoms with Crippen molar-refractivity contribution in [3.8, 4) is 0 Å². The van der Waals surface area contributed by atoms with E-state index in [1.807, 2.05) is 62.3 Å². The highest BCUT2D eigenvalue weighted by molar-refractivity contribution is 6.03. The third kappa shape index (κ3) is 8.93. The van der Waals surface area contributed by atoms with Gasteiger partial charge in [-0.3, -0.25) is 14.6 Å². The topological polar surface area (TPSA) is 163 Å². The summed E-state index contributed by atoms with van der Waals surface area (Å²) in [5.41, 5.74) is 0.121. The Labute approximate surface area is 322 Å². The van der Waals surface area contributed by atoms with Gasteiger partial charge in [-0.1, -0.05) is 65.0 Å². The maximum atomic E-state index is 16.1. The number of ketones is 2. The first-order valence-electron chi connectivity index (χ1n) is 19.2. The number of hydrogen-bond donors (Lipinski definition) is 2. The number of alkyl halides is 1. The van der Waals surface area contributed by atoms with E-state index in [1.54, 1.807) is 40.0 Å². The summed E-state index contributed by atoms with van der Waals surface area (Å²) in [6.07, 6.45) is -3.62. The second-order valence-electron chi connectivity index (χ2n) is 15.8. The van der Waals surface area contributed by atoms with Crippen molar-refractivity contribution in [2.75, 3.05) is 20.7 Å². The Kier molecular flexibility index (Phi) is 13.5. The van der Waals surface area contributed by atoms with Crippen LogP contribution in [0.3, 0.4) is 0 Å². The maximum absolute atomic E-state index is 16.1. The van der Waals surface area contributed by atoms with Crippen LogP contribution in [-0.2, 0) is 38.1 Å². The Balaban J connectivity index is 1.54. The highest BCUT2D eigenvalue weighted by Crippen LogP contribution is 2.39. The molecular weight excluding hydrogens is 713 g/mol. The molecule has 1 aromatic carbocycles. The van der Waals surface area contributed by atoms with Gasteiger partial charge in [0.1, 0.15) is 18.0 Å². The first-order valence-corrected chi connectivity index (χ1v) is 19.2. The summed E-state index contributed by atoms with van der Waals surface area (Å²) in [5, 5.41) is 15.1.